The lowest BCUT2D eigenvalue weighted by atomic mass is 9.76. The van der Waals surface area contributed by atoms with Crippen molar-refractivity contribution < 1.29 is 42.7 Å². The first-order chi connectivity index (χ1) is 24.9. The smallest absolute Gasteiger partial charge is 0.457 e. The second-order valence-corrected chi connectivity index (χ2v) is 14.1. The third kappa shape index (κ3) is 11.9. The van der Waals surface area contributed by atoms with Gasteiger partial charge in [0, 0.05) is 19.8 Å². The Morgan fingerprint density at radius 1 is 0.679 bits per heavy atom. The highest BCUT2D eigenvalue weighted by atomic mass is 16.7. The van der Waals surface area contributed by atoms with E-state index in [4.69, 9.17) is 37.6 Å². The molecule has 11 heteroatoms. The van der Waals surface area contributed by atoms with Crippen LogP contribution in [0, 0.1) is 13.8 Å². The number of fused-ring (bicyclic) bond motifs is 1. The van der Waals surface area contributed by atoms with Crippen molar-refractivity contribution in [3.63, 3.8) is 0 Å². The molecule has 0 spiro atoms. The highest BCUT2D eigenvalue weighted by Gasteiger charge is 2.52. The number of hydrogen-bond donors (Lipinski definition) is 1. The van der Waals surface area contributed by atoms with Crippen molar-refractivity contribution in [1.29, 1.82) is 0 Å². The predicted molar refractivity (Wildman–Crippen MR) is 212 cm³/mol. The van der Waals surface area contributed by atoms with Crippen LogP contribution in [0.4, 0.5) is 0 Å². The third-order valence-electron chi connectivity index (χ3n) is 9.37. The van der Waals surface area contributed by atoms with Gasteiger partial charge in [0.05, 0.1) is 24.4 Å². The molecule has 284 valence electrons. The van der Waals surface area contributed by atoms with Crippen LogP contribution in [0.15, 0.2) is 84.9 Å². The van der Waals surface area contributed by atoms with Gasteiger partial charge in [-0.3, -0.25) is 0 Å². The average molecular weight is 727 g/mol. The molecule has 3 aliphatic rings. The van der Waals surface area contributed by atoms with E-state index in [9.17, 15) is 5.02 Å². The topological polar surface area (TPSA) is 94.1 Å². The first-order valence-corrected chi connectivity index (χ1v) is 18.1. The summed E-state index contributed by atoms with van der Waals surface area (Å²) in [5.74, 6) is 3.10. The summed E-state index contributed by atoms with van der Waals surface area (Å²) in [4.78, 5) is 0. The van der Waals surface area contributed by atoms with Crippen molar-refractivity contribution in [2.24, 2.45) is 0 Å². The van der Waals surface area contributed by atoms with Crippen molar-refractivity contribution >= 4 is 25.2 Å². The molecule has 9 nitrogen and oxygen atoms in total. The zero-order valence-corrected chi connectivity index (χ0v) is 31.6. The van der Waals surface area contributed by atoms with Crippen LogP contribution < -0.4 is 20.4 Å². The van der Waals surface area contributed by atoms with E-state index in [1.54, 1.807) is 0 Å². The van der Waals surface area contributed by atoms with Crippen molar-refractivity contribution in [3.05, 3.63) is 107 Å². The lowest BCUT2D eigenvalue weighted by Crippen LogP contribution is -2.41. The number of benzene rings is 4. The van der Waals surface area contributed by atoms with Crippen molar-refractivity contribution in [1.82, 2.24) is 0 Å². The van der Waals surface area contributed by atoms with Gasteiger partial charge in [-0.25, -0.2) is 0 Å². The van der Waals surface area contributed by atoms with Gasteiger partial charge in [-0.05, 0) is 132 Å². The normalized spacial score (nSPS) is 16.5. The molecular formula is C42H56B2O9. The van der Waals surface area contributed by atoms with Crippen LogP contribution in [0.5, 0.6) is 23.0 Å². The van der Waals surface area contributed by atoms with E-state index in [1.807, 2.05) is 126 Å². The molecule has 0 unspecified atom stereocenters. The van der Waals surface area contributed by atoms with Crippen LogP contribution in [0.3, 0.4) is 0 Å². The predicted octanol–water partition coefficient (Wildman–Crippen LogP) is 8.04. The summed E-state index contributed by atoms with van der Waals surface area (Å²) < 4.78 is 45.4. The van der Waals surface area contributed by atoms with Crippen LogP contribution in [0.25, 0.3) is 0 Å². The van der Waals surface area contributed by atoms with Crippen LogP contribution in [-0.4, -0.2) is 57.1 Å². The minimum atomic E-state index is -0.798. The zero-order valence-electron chi connectivity index (χ0n) is 31.6. The Morgan fingerprint density at radius 3 is 1.70 bits per heavy atom. The summed E-state index contributed by atoms with van der Waals surface area (Å²) in [6.07, 6.45) is 2.56. The van der Waals surface area contributed by atoms with Crippen LogP contribution in [-0.2, 0) is 41.4 Å². The lowest BCUT2D eigenvalue weighted by molar-refractivity contribution is -0.0570. The monoisotopic (exact) mass is 726 g/mol. The fourth-order valence-electron chi connectivity index (χ4n) is 5.53. The minimum absolute atomic E-state index is 0. The average Bonchev–Trinajstić information content (AvgIpc) is 3.87. The van der Waals surface area contributed by atoms with E-state index in [2.05, 4.69) is 6.92 Å². The lowest BCUT2D eigenvalue weighted by Gasteiger charge is -2.32. The van der Waals surface area contributed by atoms with Crippen molar-refractivity contribution in [2.45, 2.75) is 93.2 Å². The number of rotatable bonds is 10. The quantitative estimate of drug-likeness (QED) is 0.0991. The summed E-state index contributed by atoms with van der Waals surface area (Å²) in [6.45, 7) is 17.9. The maximum Gasteiger partial charge on any atom is 0.495 e. The molecule has 4 aromatic rings. The van der Waals surface area contributed by atoms with E-state index >= 15 is 0 Å². The molecule has 1 N–H and O–H groups in total. The Balaban J connectivity index is 0.000000220. The highest BCUT2D eigenvalue weighted by molar-refractivity contribution is 6.62. The molecule has 3 heterocycles. The molecule has 7 rings (SSSR count). The Kier molecular flexibility index (Phi) is 15.6. The zero-order chi connectivity index (χ0) is 37.1. The van der Waals surface area contributed by atoms with E-state index in [0.29, 0.717) is 19.8 Å². The second-order valence-electron chi connectivity index (χ2n) is 14.1. The Hall–Kier alpha value is -3.67. The molecule has 2 saturated heterocycles. The molecule has 0 aliphatic carbocycles. The van der Waals surface area contributed by atoms with Crippen molar-refractivity contribution in [2.75, 3.05) is 26.6 Å². The fraction of sp³-hybridized carbons (Fsp3) is 0.429. The van der Waals surface area contributed by atoms with Crippen molar-refractivity contribution in [3.8, 4) is 23.0 Å². The van der Waals surface area contributed by atoms with E-state index in [0.717, 1.165) is 58.3 Å². The van der Waals surface area contributed by atoms with Gasteiger partial charge in [0.15, 0.2) is 0 Å². The maximum atomic E-state index is 9.53. The third-order valence-corrected chi connectivity index (χ3v) is 9.37. The van der Waals surface area contributed by atoms with Gasteiger partial charge in [-0.2, -0.15) is 0 Å². The molecule has 0 bridgehead atoms. The Morgan fingerprint density at radius 2 is 1.19 bits per heavy atom. The molecule has 0 radical (unpaired) electrons. The molecule has 0 amide bonds. The molecule has 0 aromatic heterocycles. The second kappa shape index (κ2) is 19.6. The van der Waals surface area contributed by atoms with Gasteiger partial charge in [-0.15, -0.1) is 0 Å². The van der Waals surface area contributed by atoms with Gasteiger partial charge < -0.3 is 42.7 Å². The Labute approximate surface area is 317 Å². The summed E-state index contributed by atoms with van der Waals surface area (Å²) in [6, 6.07) is 27.4. The van der Waals surface area contributed by atoms with E-state index < -0.39 is 25.4 Å². The SMILES string of the molecule is C.C1CCOC1.CCOCOCc1cc(Oc2ccc(C)cc2)ccc1B1OC(C)(C)C(C)(C)O1.Cc1ccc(Oc2ccc3c(c2)COB3O)cc1. The van der Waals surface area contributed by atoms with Crippen LogP contribution in [0.1, 0.15) is 77.1 Å². The Bertz CT molecular complexity index is 1680. The molecule has 53 heavy (non-hydrogen) atoms. The summed E-state index contributed by atoms with van der Waals surface area (Å²) >= 11 is 0. The minimum Gasteiger partial charge on any atom is -0.457 e. The van der Waals surface area contributed by atoms with E-state index in [1.165, 1.54) is 24.0 Å². The highest BCUT2D eigenvalue weighted by Crippen LogP contribution is 2.37. The molecule has 3 aliphatic heterocycles. The summed E-state index contributed by atoms with van der Waals surface area (Å²) in [5.41, 5.74) is 5.28. The van der Waals surface area contributed by atoms with Gasteiger partial charge in [0.1, 0.15) is 29.8 Å². The first kappa shape index (κ1) is 42.1. The number of aryl methyl sites for hydroxylation is 2. The first-order valence-electron chi connectivity index (χ1n) is 18.1. The maximum absolute atomic E-state index is 9.53. The summed E-state index contributed by atoms with van der Waals surface area (Å²) in [5, 5.41) is 9.53. The molecule has 4 aromatic carbocycles. The van der Waals surface area contributed by atoms with Gasteiger partial charge in [-0.1, -0.05) is 55.0 Å². The van der Waals surface area contributed by atoms with Crippen LogP contribution in [0.2, 0.25) is 0 Å². The van der Waals surface area contributed by atoms with Crippen LogP contribution >= 0.6 is 0 Å². The molecule has 0 atom stereocenters. The molecule has 2 fully saturated rings. The standard InChI is InChI=1S/C23H31BO5.C14H13BO3.C4H8O.CH4/c1-7-25-16-26-15-18-14-20(27-19-10-8-17(2)9-11-19)12-13-21(18)24-28-22(3,4)23(5,6)29-24;1-10-2-4-12(5-3-10)18-13-6-7-14-11(8-13)9-17-15(14)16;1-2-4-5-3-1;/h8-14H,7,15-16H2,1-6H3;2-8,16H,9H2,1H3;1-4H2;1H4. The fourth-order valence-corrected chi connectivity index (χ4v) is 5.53. The van der Waals surface area contributed by atoms with Gasteiger partial charge >= 0.3 is 14.2 Å². The number of hydrogen-bond acceptors (Lipinski definition) is 9. The van der Waals surface area contributed by atoms with Gasteiger partial charge in [0.2, 0.25) is 0 Å². The van der Waals surface area contributed by atoms with Gasteiger partial charge in [0.25, 0.3) is 0 Å². The largest absolute Gasteiger partial charge is 0.495 e. The molecular weight excluding hydrogens is 670 g/mol. The summed E-state index contributed by atoms with van der Waals surface area (Å²) in [7, 11) is -1.26. The number of ether oxygens (including phenoxy) is 5. The molecule has 0 saturated carbocycles. The van der Waals surface area contributed by atoms with E-state index in [-0.39, 0.29) is 14.2 Å².